The van der Waals surface area contributed by atoms with E-state index in [1.54, 1.807) is 24.3 Å². The highest BCUT2D eigenvalue weighted by Gasteiger charge is 2.36. The average Bonchev–Trinajstić information content (AvgIpc) is 2.73. The minimum absolute atomic E-state index is 0.00238. The van der Waals surface area contributed by atoms with Gasteiger partial charge in [-0.05, 0) is 47.4 Å². The standard InChI is InChI=1S/C23H18F3NO3/c24-15-6-7-21(28)19(10-15)22-18-11-16(25)12-20(26)17(18)8-9-27(22)23(29)30-13-14-4-2-1-3-5-14/h1-7,10-12,22,28H,8-9,13H2. The molecule has 0 saturated carbocycles. The summed E-state index contributed by atoms with van der Waals surface area (Å²) >= 11 is 0. The molecule has 0 aromatic heterocycles. The molecule has 1 aliphatic heterocycles. The number of benzene rings is 3. The summed E-state index contributed by atoms with van der Waals surface area (Å²) in [5.41, 5.74) is 1.16. The number of phenolic OH excluding ortho intramolecular Hbond substituents is 1. The Morgan fingerprint density at radius 2 is 1.73 bits per heavy atom. The van der Waals surface area contributed by atoms with Crippen molar-refractivity contribution in [1.82, 2.24) is 4.90 Å². The van der Waals surface area contributed by atoms with Gasteiger partial charge in [-0.25, -0.2) is 18.0 Å². The number of hydrogen-bond donors (Lipinski definition) is 1. The highest BCUT2D eigenvalue weighted by atomic mass is 19.1. The second-order valence-corrected chi connectivity index (χ2v) is 7.04. The lowest BCUT2D eigenvalue weighted by molar-refractivity contribution is 0.0829. The summed E-state index contributed by atoms with van der Waals surface area (Å²) in [6.07, 6.45) is -0.600. The number of halogens is 3. The molecule has 1 unspecified atom stereocenters. The summed E-state index contributed by atoms with van der Waals surface area (Å²) < 4.78 is 47.7. The van der Waals surface area contributed by atoms with Gasteiger partial charge in [0.05, 0.1) is 6.04 Å². The van der Waals surface area contributed by atoms with Crippen molar-refractivity contribution in [3.05, 3.63) is 100 Å². The first-order valence-corrected chi connectivity index (χ1v) is 9.37. The zero-order chi connectivity index (χ0) is 21.3. The number of ether oxygens (including phenoxy) is 1. The number of hydrogen-bond acceptors (Lipinski definition) is 3. The Morgan fingerprint density at radius 1 is 1.00 bits per heavy atom. The minimum atomic E-state index is -1.10. The monoisotopic (exact) mass is 413 g/mol. The molecule has 30 heavy (non-hydrogen) atoms. The molecular weight excluding hydrogens is 395 g/mol. The van der Waals surface area contributed by atoms with Crippen molar-refractivity contribution in [1.29, 1.82) is 0 Å². The van der Waals surface area contributed by atoms with E-state index in [9.17, 15) is 23.1 Å². The Bertz CT molecular complexity index is 1090. The van der Waals surface area contributed by atoms with E-state index in [0.29, 0.717) is 0 Å². The Balaban J connectivity index is 1.73. The molecule has 154 valence electrons. The minimum Gasteiger partial charge on any atom is -0.508 e. The fourth-order valence-electron chi connectivity index (χ4n) is 3.74. The SMILES string of the molecule is O=C(OCc1ccccc1)N1CCc2c(F)cc(F)cc2C1c1cc(F)ccc1O. The van der Waals surface area contributed by atoms with Gasteiger partial charge in [0.25, 0.3) is 0 Å². The van der Waals surface area contributed by atoms with Gasteiger partial charge in [0.2, 0.25) is 0 Å². The second kappa shape index (κ2) is 8.10. The number of amides is 1. The van der Waals surface area contributed by atoms with Gasteiger partial charge in [-0.2, -0.15) is 0 Å². The van der Waals surface area contributed by atoms with Gasteiger partial charge < -0.3 is 9.84 Å². The van der Waals surface area contributed by atoms with E-state index in [0.717, 1.165) is 35.9 Å². The molecule has 1 amide bonds. The summed E-state index contributed by atoms with van der Waals surface area (Å²) in [5.74, 6) is -2.51. The van der Waals surface area contributed by atoms with Gasteiger partial charge in [-0.3, -0.25) is 4.90 Å². The molecule has 0 saturated heterocycles. The van der Waals surface area contributed by atoms with Crippen molar-refractivity contribution < 1.29 is 27.8 Å². The van der Waals surface area contributed by atoms with Crippen LogP contribution in [0, 0.1) is 17.5 Å². The quantitative estimate of drug-likeness (QED) is 0.651. The van der Waals surface area contributed by atoms with Crippen molar-refractivity contribution in [3.63, 3.8) is 0 Å². The second-order valence-electron chi connectivity index (χ2n) is 7.04. The van der Waals surface area contributed by atoms with Crippen LogP contribution in [-0.2, 0) is 17.8 Å². The third-order valence-corrected chi connectivity index (χ3v) is 5.13. The van der Waals surface area contributed by atoms with Crippen LogP contribution in [0.5, 0.6) is 5.75 Å². The molecule has 0 aliphatic carbocycles. The topological polar surface area (TPSA) is 49.8 Å². The fourth-order valence-corrected chi connectivity index (χ4v) is 3.74. The van der Waals surface area contributed by atoms with E-state index < -0.39 is 29.6 Å². The number of nitrogens with zero attached hydrogens (tertiary/aromatic N) is 1. The predicted molar refractivity (Wildman–Crippen MR) is 103 cm³/mol. The number of carbonyl (C=O) groups is 1. The molecule has 1 heterocycles. The first-order valence-electron chi connectivity index (χ1n) is 9.37. The molecule has 0 spiro atoms. The molecule has 0 radical (unpaired) electrons. The Labute approximate surface area is 171 Å². The number of aromatic hydroxyl groups is 1. The maximum Gasteiger partial charge on any atom is 0.410 e. The number of fused-ring (bicyclic) bond motifs is 1. The lowest BCUT2D eigenvalue weighted by atomic mass is 9.87. The molecule has 1 aliphatic rings. The van der Waals surface area contributed by atoms with E-state index in [-0.39, 0.29) is 42.0 Å². The Morgan fingerprint density at radius 3 is 2.50 bits per heavy atom. The molecular formula is C23H18F3NO3. The van der Waals surface area contributed by atoms with Crippen LogP contribution in [0.15, 0.2) is 60.7 Å². The van der Waals surface area contributed by atoms with Crippen LogP contribution in [0.25, 0.3) is 0 Å². The van der Waals surface area contributed by atoms with E-state index in [1.165, 1.54) is 4.90 Å². The van der Waals surface area contributed by atoms with E-state index in [4.69, 9.17) is 4.74 Å². The Kier molecular flexibility index (Phi) is 5.35. The van der Waals surface area contributed by atoms with E-state index in [1.807, 2.05) is 6.07 Å². The summed E-state index contributed by atoms with van der Waals surface area (Å²) in [4.78, 5) is 14.1. The van der Waals surface area contributed by atoms with Crippen molar-refractivity contribution in [3.8, 4) is 5.75 Å². The van der Waals surface area contributed by atoms with Crippen LogP contribution in [0.1, 0.15) is 28.3 Å². The molecule has 7 heteroatoms. The van der Waals surface area contributed by atoms with E-state index in [2.05, 4.69) is 0 Å². The highest BCUT2D eigenvalue weighted by molar-refractivity contribution is 5.70. The van der Waals surface area contributed by atoms with Crippen LogP contribution in [0.4, 0.5) is 18.0 Å². The van der Waals surface area contributed by atoms with Crippen LogP contribution in [-0.4, -0.2) is 22.6 Å². The van der Waals surface area contributed by atoms with E-state index >= 15 is 0 Å². The lowest BCUT2D eigenvalue weighted by Crippen LogP contribution is -2.41. The maximum absolute atomic E-state index is 14.4. The van der Waals surface area contributed by atoms with Gasteiger partial charge >= 0.3 is 6.09 Å². The maximum atomic E-state index is 14.4. The van der Waals surface area contributed by atoms with Crippen LogP contribution >= 0.6 is 0 Å². The van der Waals surface area contributed by atoms with Crippen LogP contribution in [0.3, 0.4) is 0 Å². The normalized spacial score (nSPS) is 15.6. The molecule has 0 fully saturated rings. The lowest BCUT2D eigenvalue weighted by Gasteiger charge is -2.37. The highest BCUT2D eigenvalue weighted by Crippen LogP contribution is 2.40. The predicted octanol–water partition coefficient (Wildman–Crippen LogP) is 5.09. The van der Waals surface area contributed by atoms with Crippen LogP contribution < -0.4 is 0 Å². The third-order valence-electron chi connectivity index (χ3n) is 5.13. The average molecular weight is 413 g/mol. The van der Waals surface area contributed by atoms with Gasteiger partial charge in [0, 0.05) is 18.2 Å². The summed E-state index contributed by atoms with van der Waals surface area (Å²) in [5, 5.41) is 10.3. The zero-order valence-electron chi connectivity index (χ0n) is 15.8. The third kappa shape index (κ3) is 3.83. The first kappa shape index (κ1) is 19.8. The number of carbonyl (C=O) groups excluding carboxylic acids is 1. The van der Waals surface area contributed by atoms with Gasteiger partial charge in [-0.15, -0.1) is 0 Å². The fraction of sp³-hybridized carbons (Fsp3) is 0.174. The van der Waals surface area contributed by atoms with Crippen molar-refractivity contribution in [2.75, 3.05) is 6.54 Å². The molecule has 1 atom stereocenters. The number of rotatable bonds is 3. The zero-order valence-corrected chi connectivity index (χ0v) is 15.8. The molecule has 1 N–H and O–H groups in total. The van der Waals surface area contributed by atoms with Gasteiger partial charge in [0.1, 0.15) is 29.8 Å². The van der Waals surface area contributed by atoms with Crippen LogP contribution in [0.2, 0.25) is 0 Å². The van der Waals surface area contributed by atoms with Gasteiger partial charge in [0.15, 0.2) is 0 Å². The van der Waals surface area contributed by atoms with Gasteiger partial charge in [-0.1, -0.05) is 30.3 Å². The summed E-state index contributed by atoms with van der Waals surface area (Å²) in [6, 6.07) is 13.0. The molecule has 3 aromatic carbocycles. The first-order chi connectivity index (χ1) is 14.4. The van der Waals surface area contributed by atoms with Crippen molar-refractivity contribution >= 4 is 6.09 Å². The molecule has 0 bridgehead atoms. The smallest absolute Gasteiger partial charge is 0.410 e. The van der Waals surface area contributed by atoms with Crippen molar-refractivity contribution in [2.45, 2.75) is 19.1 Å². The molecule has 4 rings (SSSR count). The molecule has 3 aromatic rings. The molecule has 4 nitrogen and oxygen atoms in total. The largest absolute Gasteiger partial charge is 0.508 e. The summed E-state index contributed by atoms with van der Waals surface area (Å²) in [7, 11) is 0. The summed E-state index contributed by atoms with van der Waals surface area (Å²) in [6.45, 7) is 0.0617. The Hall–Kier alpha value is -3.48. The van der Waals surface area contributed by atoms with Crippen molar-refractivity contribution in [2.24, 2.45) is 0 Å². The number of phenols is 1.